The van der Waals surface area contributed by atoms with Gasteiger partial charge in [0.25, 0.3) is 0 Å². The van der Waals surface area contributed by atoms with E-state index in [4.69, 9.17) is 0 Å². The third kappa shape index (κ3) is 10.3. The Labute approximate surface area is 251 Å². The lowest BCUT2D eigenvalue weighted by Crippen LogP contribution is -2.00. The van der Waals surface area contributed by atoms with E-state index in [9.17, 15) is 0 Å². The molecule has 0 amide bonds. The first kappa shape index (κ1) is 31.7. The molecule has 0 nitrogen and oxygen atoms in total. The van der Waals surface area contributed by atoms with Crippen LogP contribution in [0.4, 0.5) is 0 Å². The summed E-state index contributed by atoms with van der Waals surface area (Å²) >= 11 is 7.55. The van der Waals surface area contributed by atoms with Crippen LogP contribution in [0.15, 0.2) is 45.3 Å². The Morgan fingerprint density at radius 1 is 0.395 bits per heavy atom. The predicted octanol–water partition coefficient (Wildman–Crippen LogP) is 13.7. The average molecular weight is 645 g/mol. The van der Waals surface area contributed by atoms with Crippen LogP contribution in [0.25, 0.3) is 21.5 Å². The number of hydrogen-bond acceptors (Lipinski definition) is 0. The molecule has 38 heavy (non-hydrogen) atoms. The molecule has 210 valence electrons. The normalized spacial score (nSPS) is 11.7. The van der Waals surface area contributed by atoms with Gasteiger partial charge in [-0.3, -0.25) is 0 Å². The zero-order valence-electron chi connectivity index (χ0n) is 24.4. The molecule has 2 heteroatoms. The van der Waals surface area contributed by atoms with Gasteiger partial charge in [0.1, 0.15) is 0 Å². The molecule has 3 aromatic carbocycles. The van der Waals surface area contributed by atoms with Gasteiger partial charge in [0.2, 0.25) is 0 Å². The fourth-order valence-corrected chi connectivity index (χ4v) is 6.85. The van der Waals surface area contributed by atoms with Gasteiger partial charge in [-0.05, 0) is 82.6 Å². The van der Waals surface area contributed by atoms with Gasteiger partial charge in [0.05, 0.1) is 0 Å². The van der Waals surface area contributed by atoms with Crippen molar-refractivity contribution in [3.63, 3.8) is 0 Å². The molecule has 0 aliphatic heterocycles. The molecule has 0 fully saturated rings. The SMILES string of the molecule is CCCCCCCCCCCc1c(CCCCCCCCCCC)c2ccc(Br)cc2c2ccc(Br)cc12. The van der Waals surface area contributed by atoms with E-state index < -0.39 is 0 Å². The first-order chi connectivity index (χ1) is 18.7. The molecule has 0 aliphatic carbocycles. The molecule has 0 aliphatic rings. The van der Waals surface area contributed by atoms with Gasteiger partial charge in [-0.25, -0.2) is 0 Å². The van der Waals surface area contributed by atoms with Gasteiger partial charge in [-0.2, -0.15) is 0 Å². The molecule has 0 saturated carbocycles. The number of unbranched alkanes of at least 4 members (excludes halogenated alkanes) is 16. The molecule has 0 bridgehead atoms. The minimum absolute atomic E-state index is 1.18. The van der Waals surface area contributed by atoms with E-state index in [0.717, 1.165) is 0 Å². The van der Waals surface area contributed by atoms with Crippen molar-refractivity contribution in [2.75, 3.05) is 0 Å². The summed E-state index contributed by atoms with van der Waals surface area (Å²) in [5, 5.41) is 5.76. The van der Waals surface area contributed by atoms with Crippen molar-refractivity contribution < 1.29 is 0 Å². The third-order valence-electron chi connectivity index (χ3n) is 8.33. The molecule has 0 aromatic heterocycles. The van der Waals surface area contributed by atoms with E-state index in [1.807, 2.05) is 0 Å². The standard InChI is InChI=1S/C36H52Br2/c1-3-5-7-9-11-13-15-17-19-21-31-32(22-20-18-16-14-12-10-8-6-4-2)35-27-30(38)24-26-34(35)36-28-29(37)23-25-33(31)36/h23-28H,3-22H2,1-2H3. The highest BCUT2D eigenvalue weighted by Crippen LogP contribution is 2.37. The molecule has 0 unspecified atom stereocenters. The molecule has 0 atom stereocenters. The fraction of sp³-hybridized carbons (Fsp3) is 0.611. The first-order valence-corrected chi connectivity index (χ1v) is 17.6. The summed E-state index contributed by atoms with van der Waals surface area (Å²) in [6.07, 6.45) is 27.4. The van der Waals surface area contributed by atoms with E-state index in [-0.39, 0.29) is 0 Å². The number of benzene rings is 3. The van der Waals surface area contributed by atoms with Crippen LogP contribution in [-0.4, -0.2) is 0 Å². The van der Waals surface area contributed by atoms with Gasteiger partial charge in [-0.1, -0.05) is 161 Å². The molecular formula is C36H52Br2. The van der Waals surface area contributed by atoms with Crippen LogP contribution in [0.2, 0.25) is 0 Å². The maximum Gasteiger partial charge on any atom is 0.0181 e. The number of rotatable bonds is 20. The Morgan fingerprint density at radius 3 is 1.24 bits per heavy atom. The molecule has 3 rings (SSSR count). The van der Waals surface area contributed by atoms with Gasteiger partial charge in [0, 0.05) is 8.95 Å². The minimum atomic E-state index is 1.18. The number of halogens is 2. The van der Waals surface area contributed by atoms with E-state index >= 15 is 0 Å². The van der Waals surface area contributed by atoms with Gasteiger partial charge in [0.15, 0.2) is 0 Å². The van der Waals surface area contributed by atoms with Crippen molar-refractivity contribution in [2.24, 2.45) is 0 Å². The molecular weight excluding hydrogens is 592 g/mol. The highest BCUT2D eigenvalue weighted by molar-refractivity contribution is 9.10. The van der Waals surface area contributed by atoms with Gasteiger partial charge in [-0.15, -0.1) is 0 Å². The Bertz CT molecular complexity index is 1080. The van der Waals surface area contributed by atoms with E-state index in [0.29, 0.717) is 0 Å². The van der Waals surface area contributed by atoms with Crippen LogP contribution in [0.5, 0.6) is 0 Å². The van der Waals surface area contributed by atoms with E-state index in [2.05, 4.69) is 82.1 Å². The monoisotopic (exact) mass is 642 g/mol. The zero-order valence-corrected chi connectivity index (χ0v) is 27.5. The summed E-state index contributed by atoms with van der Waals surface area (Å²) in [5.74, 6) is 0. The Hall–Kier alpha value is -0.860. The summed E-state index contributed by atoms with van der Waals surface area (Å²) in [4.78, 5) is 0. The highest BCUT2D eigenvalue weighted by Gasteiger charge is 2.15. The van der Waals surface area contributed by atoms with E-state index in [1.54, 1.807) is 11.1 Å². The molecule has 0 heterocycles. The Kier molecular flexibility index (Phi) is 15.4. The average Bonchev–Trinajstić information content (AvgIpc) is 2.91. The summed E-state index contributed by atoms with van der Waals surface area (Å²) < 4.78 is 2.37. The maximum atomic E-state index is 3.79. The predicted molar refractivity (Wildman–Crippen MR) is 179 cm³/mol. The molecule has 0 saturated heterocycles. The first-order valence-electron chi connectivity index (χ1n) is 16.0. The van der Waals surface area contributed by atoms with Crippen LogP contribution in [0.3, 0.4) is 0 Å². The Morgan fingerprint density at radius 2 is 0.763 bits per heavy atom. The molecule has 0 spiro atoms. The number of fused-ring (bicyclic) bond motifs is 3. The largest absolute Gasteiger partial charge is 0.0654 e. The van der Waals surface area contributed by atoms with Crippen molar-refractivity contribution in [1.29, 1.82) is 0 Å². The fourth-order valence-electron chi connectivity index (χ4n) is 6.12. The number of hydrogen-bond donors (Lipinski definition) is 0. The van der Waals surface area contributed by atoms with Crippen molar-refractivity contribution in [3.05, 3.63) is 56.5 Å². The van der Waals surface area contributed by atoms with Crippen molar-refractivity contribution in [3.8, 4) is 0 Å². The van der Waals surface area contributed by atoms with Crippen LogP contribution in [0.1, 0.15) is 141 Å². The zero-order chi connectivity index (χ0) is 27.0. The third-order valence-corrected chi connectivity index (χ3v) is 9.32. The number of aryl methyl sites for hydroxylation is 2. The lowest BCUT2D eigenvalue weighted by molar-refractivity contribution is 0.561. The van der Waals surface area contributed by atoms with E-state index in [1.165, 1.54) is 159 Å². The van der Waals surface area contributed by atoms with Crippen molar-refractivity contribution >= 4 is 53.4 Å². The summed E-state index contributed by atoms with van der Waals surface area (Å²) in [7, 11) is 0. The summed E-state index contributed by atoms with van der Waals surface area (Å²) in [5.41, 5.74) is 3.25. The lowest BCUT2D eigenvalue weighted by atomic mass is 9.86. The quantitative estimate of drug-likeness (QED) is 0.0848. The second kappa shape index (κ2) is 18.5. The minimum Gasteiger partial charge on any atom is -0.0654 e. The summed E-state index contributed by atoms with van der Waals surface area (Å²) in [6, 6.07) is 13.9. The molecule has 0 radical (unpaired) electrons. The van der Waals surface area contributed by atoms with Crippen LogP contribution in [0, 0.1) is 0 Å². The second-order valence-corrected chi connectivity index (χ2v) is 13.3. The second-order valence-electron chi connectivity index (χ2n) is 11.5. The topological polar surface area (TPSA) is 0 Å². The van der Waals surface area contributed by atoms with Crippen LogP contribution >= 0.6 is 31.9 Å². The van der Waals surface area contributed by atoms with Crippen LogP contribution in [-0.2, 0) is 12.8 Å². The molecule has 0 N–H and O–H groups in total. The molecule has 3 aromatic rings. The lowest BCUT2D eigenvalue weighted by Gasteiger charge is -2.19. The highest BCUT2D eigenvalue weighted by atomic mass is 79.9. The van der Waals surface area contributed by atoms with Crippen molar-refractivity contribution in [2.45, 2.75) is 142 Å². The van der Waals surface area contributed by atoms with Gasteiger partial charge < -0.3 is 0 Å². The summed E-state index contributed by atoms with van der Waals surface area (Å²) in [6.45, 7) is 4.61. The Balaban J connectivity index is 1.70. The van der Waals surface area contributed by atoms with Gasteiger partial charge >= 0.3 is 0 Å². The van der Waals surface area contributed by atoms with Crippen molar-refractivity contribution in [1.82, 2.24) is 0 Å². The smallest absolute Gasteiger partial charge is 0.0181 e. The van der Waals surface area contributed by atoms with Crippen LogP contribution < -0.4 is 0 Å². The maximum absolute atomic E-state index is 3.79.